The Labute approximate surface area is 241 Å². The van der Waals surface area contributed by atoms with Crippen LogP contribution in [0.1, 0.15) is 49.9 Å². The van der Waals surface area contributed by atoms with Gasteiger partial charge in [-0.1, -0.05) is 55.5 Å². The van der Waals surface area contributed by atoms with E-state index in [4.69, 9.17) is 9.47 Å². The number of ether oxygens (including phenoxy) is 2. The highest BCUT2D eigenvalue weighted by Gasteiger charge is 2.81. The normalized spacial score (nSPS) is 30.7. The number of carbonyl (C=O) groups is 3. The van der Waals surface area contributed by atoms with Crippen molar-refractivity contribution in [2.75, 3.05) is 24.7 Å². The zero-order valence-electron chi connectivity index (χ0n) is 24.5. The molecule has 2 amide bonds. The molecule has 7 atom stereocenters. The van der Waals surface area contributed by atoms with E-state index in [1.54, 1.807) is 17.9 Å². The first-order valence-corrected chi connectivity index (χ1v) is 14.4. The average Bonchev–Trinajstić information content (AvgIpc) is 3.46. The number of nitrogens with zero attached hydrogens (tertiary/aromatic N) is 2. The number of aryl methyl sites for hydroxylation is 2. The maximum atomic E-state index is 15.0. The maximum Gasteiger partial charge on any atom is 0.312 e. The predicted octanol–water partition coefficient (Wildman–Crippen LogP) is 4.13. The van der Waals surface area contributed by atoms with Gasteiger partial charge in [-0.15, -0.1) is 6.58 Å². The molecule has 3 aliphatic heterocycles. The molecule has 1 N–H and O–H groups in total. The minimum absolute atomic E-state index is 0.117. The maximum absolute atomic E-state index is 15.0. The lowest BCUT2D eigenvalue weighted by atomic mass is 9.62. The van der Waals surface area contributed by atoms with E-state index in [2.05, 4.69) is 6.58 Å². The standard InChI is InChI=1S/C33H40N2O6/c1-7-16-34(24-17-20(3)14-15-21(24)4)30(38)28-33-18-22(5)32(6,41-33)27(31(39)40-8-2)26(33)29(37)35(28)25(19-36)23-12-10-9-11-13-23/h7,9-15,17,22,25-28,36H,1,8,16,18-19H2,2-6H3/t22?,25-,26+,27+,28?,32-,33?/m1/s1. The topological polar surface area (TPSA) is 96.4 Å². The molecular formula is C33H40N2O6. The second-order valence-corrected chi connectivity index (χ2v) is 11.8. The number of rotatable bonds is 9. The van der Waals surface area contributed by atoms with Gasteiger partial charge in [0.2, 0.25) is 5.91 Å². The van der Waals surface area contributed by atoms with Gasteiger partial charge in [0.25, 0.3) is 5.91 Å². The Bertz CT molecular complexity index is 1360. The van der Waals surface area contributed by atoms with Crippen LogP contribution in [0.15, 0.2) is 61.2 Å². The van der Waals surface area contributed by atoms with E-state index < -0.39 is 47.7 Å². The summed E-state index contributed by atoms with van der Waals surface area (Å²) in [6, 6.07) is 13.2. The molecule has 0 radical (unpaired) electrons. The number of benzene rings is 2. The highest BCUT2D eigenvalue weighted by atomic mass is 16.6. The number of aliphatic hydroxyl groups is 1. The Hall–Kier alpha value is -3.49. The van der Waals surface area contributed by atoms with Crippen molar-refractivity contribution in [3.05, 3.63) is 77.9 Å². The van der Waals surface area contributed by atoms with E-state index in [-0.39, 0.29) is 30.9 Å². The molecule has 3 aliphatic rings. The number of aliphatic hydroxyl groups excluding tert-OH is 1. The summed E-state index contributed by atoms with van der Waals surface area (Å²) < 4.78 is 12.3. The van der Waals surface area contributed by atoms with Crippen LogP contribution in [0.4, 0.5) is 5.69 Å². The van der Waals surface area contributed by atoms with Crippen LogP contribution in [-0.2, 0) is 23.9 Å². The van der Waals surface area contributed by atoms with Crippen molar-refractivity contribution in [3.63, 3.8) is 0 Å². The van der Waals surface area contributed by atoms with Crippen LogP contribution in [0.5, 0.6) is 0 Å². The van der Waals surface area contributed by atoms with E-state index in [9.17, 15) is 19.5 Å². The minimum atomic E-state index is -1.26. The van der Waals surface area contributed by atoms with Gasteiger partial charge >= 0.3 is 5.97 Å². The summed E-state index contributed by atoms with van der Waals surface area (Å²) in [4.78, 5) is 46.2. The highest BCUT2D eigenvalue weighted by Crippen LogP contribution is 2.66. The summed E-state index contributed by atoms with van der Waals surface area (Å²) in [5.41, 5.74) is 1.07. The molecule has 8 nitrogen and oxygen atoms in total. The first-order valence-electron chi connectivity index (χ1n) is 14.4. The Morgan fingerprint density at radius 3 is 2.59 bits per heavy atom. The van der Waals surface area contributed by atoms with Gasteiger partial charge in [0.15, 0.2) is 0 Å². The van der Waals surface area contributed by atoms with E-state index >= 15 is 0 Å². The summed E-state index contributed by atoms with van der Waals surface area (Å²) in [7, 11) is 0. The molecule has 218 valence electrons. The van der Waals surface area contributed by atoms with Crippen molar-refractivity contribution in [3.8, 4) is 0 Å². The van der Waals surface area contributed by atoms with Crippen molar-refractivity contribution in [1.82, 2.24) is 4.90 Å². The summed E-state index contributed by atoms with van der Waals surface area (Å²) in [6.07, 6.45) is 2.08. The van der Waals surface area contributed by atoms with Crippen molar-refractivity contribution in [1.29, 1.82) is 0 Å². The molecule has 8 heteroatoms. The molecule has 3 heterocycles. The minimum Gasteiger partial charge on any atom is -0.466 e. The third-order valence-corrected chi connectivity index (χ3v) is 9.45. The second kappa shape index (κ2) is 10.7. The van der Waals surface area contributed by atoms with Gasteiger partial charge < -0.3 is 24.4 Å². The van der Waals surface area contributed by atoms with Crippen LogP contribution in [0, 0.1) is 31.6 Å². The fourth-order valence-electron chi connectivity index (χ4n) is 7.51. The molecule has 2 aromatic rings. The quantitative estimate of drug-likeness (QED) is 0.366. The lowest BCUT2D eigenvalue weighted by molar-refractivity contribution is -0.162. The van der Waals surface area contributed by atoms with E-state index in [1.165, 1.54) is 4.90 Å². The van der Waals surface area contributed by atoms with Gasteiger partial charge in [0.1, 0.15) is 17.6 Å². The summed E-state index contributed by atoms with van der Waals surface area (Å²) >= 11 is 0. The molecule has 2 bridgehead atoms. The lowest BCUT2D eigenvalue weighted by Crippen LogP contribution is -2.57. The number of fused-ring (bicyclic) bond motifs is 1. The highest BCUT2D eigenvalue weighted by molar-refractivity contribution is 6.05. The Kier molecular flexibility index (Phi) is 7.59. The van der Waals surface area contributed by atoms with Gasteiger partial charge in [-0.05, 0) is 62.8 Å². The number of hydrogen-bond acceptors (Lipinski definition) is 6. The van der Waals surface area contributed by atoms with Gasteiger partial charge in [-0.2, -0.15) is 0 Å². The van der Waals surface area contributed by atoms with Crippen LogP contribution < -0.4 is 4.90 Å². The van der Waals surface area contributed by atoms with Crippen LogP contribution in [0.25, 0.3) is 0 Å². The fraction of sp³-hybridized carbons (Fsp3) is 0.485. The molecule has 3 unspecified atom stereocenters. The number of amides is 2. The number of likely N-dealkylation sites (tertiary alicyclic amines) is 1. The Morgan fingerprint density at radius 2 is 1.95 bits per heavy atom. The van der Waals surface area contributed by atoms with Crippen molar-refractivity contribution < 1.29 is 29.0 Å². The zero-order chi connectivity index (χ0) is 29.7. The molecule has 0 aromatic heterocycles. The molecule has 3 saturated heterocycles. The summed E-state index contributed by atoms with van der Waals surface area (Å²) in [5.74, 6) is -3.10. The first kappa shape index (κ1) is 29.0. The third kappa shape index (κ3) is 4.30. The molecule has 2 aromatic carbocycles. The fourth-order valence-corrected chi connectivity index (χ4v) is 7.51. The van der Waals surface area contributed by atoms with Crippen LogP contribution in [-0.4, -0.2) is 64.8 Å². The number of esters is 1. The van der Waals surface area contributed by atoms with Crippen LogP contribution in [0.3, 0.4) is 0 Å². The zero-order valence-corrected chi connectivity index (χ0v) is 24.5. The first-order chi connectivity index (χ1) is 19.5. The summed E-state index contributed by atoms with van der Waals surface area (Å²) in [6.45, 7) is 13.4. The molecule has 0 aliphatic carbocycles. The molecule has 3 fully saturated rings. The van der Waals surface area contributed by atoms with E-state index in [0.29, 0.717) is 12.0 Å². The third-order valence-electron chi connectivity index (χ3n) is 9.45. The van der Waals surface area contributed by atoms with Crippen molar-refractivity contribution in [2.45, 2.75) is 64.3 Å². The van der Waals surface area contributed by atoms with Crippen LogP contribution in [0.2, 0.25) is 0 Å². The van der Waals surface area contributed by atoms with E-state index in [1.807, 2.05) is 76.2 Å². The molecule has 0 saturated carbocycles. The Morgan fingerprint density at radius 1 is 1.24 bits per heavy atom. The van der Waals surface area contributed by atoms with Gasteiger partial charge in [-0.25, -0.2) is 0 Å². The predicted molar refractivity (Wildman–Crippen MR) is 155 cm³/mol. The Balaban J connectivity index is 1.71. The van der Waals surface area contributed by atoms with Crippen LogP contribution >= 0.6 is 0 Å². The van der Waals surface area contributed by atoms with Gasteiger partial charge in [-0.3, -0.25) is 14.4 Å². The lowest BCUT2D eigenvalue weighted by Gasteiger charge is -2.40. The van der Waals surface area contributed by atoms with Gasteiger partial charge in [0, 0.05) is 12.2 Å². The second-order valence-electron chi connectivity index (χ2n) is 11.8. The summed E-state index contributed by atoms with van der Waals surface area (Å²) in [5, 5.41) is 10.7. The molecule has 41 heavy (non-hydrogen) atoms. The number of anilines is 1. The van der Waals surface area contributed by atoms with Crippen molar-refractivity contribution in [2.24, 2.45) is 17.8 Å². The monoisotopic (exact) mass is 560 g/mol. The smallest absolute Gasteiger partial charge is 0.312 e. The number of carbonyl (C=O) groups excluding carboxylic acids is 3. The van der Waals surface area contributed by atoms with E-state index in [0.717, 1.165) is 16.8 Å². The SMILES string of the molecule is C=CCN(C(=O)C1N([C@H](CO)c2ccccc2)C(=O)[C@@H]2[C@@H](C(=O)OCC)[C@]3(C)OC12CC3C)c1cc(C)ccc1C. The molecular weight excluding hydrogens is 520 g/mol. The largest absolute Gasteiger partial charge is 0.466 e. The molecule has 1 spiro atoms. The van der Waals surface area contributed by atoms with Crippen molar-refractivity contribution >= 4 is 23.5 Å². The van der Waals surface area contributed by atoms with Gasteiger partial charge in [0.05, 0.1) is 30.8 Å². The molecule has 5 rings (SSSR count). The average molecular weight is 561 g/mol. The number of hydrogen-bond donors (Lipinski definition) is 1.